The van der Waals surface area contributed by atoms with Gasteiger partial charge in [0.15, 0.2) is 6.10 Å². The van der Waals surface area contributed by atoms with Gasteiger partial charge in [0.05, 0.1) is 0 Å². The van der Waals surface area contributed by atoms with E-state index < -0.39 is 12.1 Å². The van der Waals surface area contributed by atoms with Crippen LogP contribution in [0.5, 0.6) is 0 Å². The Morgan fingerprint density at radius 1 is 1.19 bits per heavy atom. The van der Waals surface area contributed by atoms with Crippen molar-refractivity contribution in [3.05, 3.63) is 48.0 Å². The second-order valence-corrected chi connectivity index (χ2v) is 3.56. The van der Waals surface area contributed by atoms with Gasteiger partial charge in [-0.15, -0.1) is 0 Å². The van der Waals surface area contributed by atoms with Crippen LogP contribution >= 0.6 is 0 Å². The van der Waals surface area contributed by atoms with Crippen LogP contribution in [0.4, 0.5) is 0 Å². The molecule has 0 spiro atoms. The Bertz CT molecular complexity index is 519. The van der Waals surface area contributed by atoms with Crippen LogP contribution in [0.15, 0.2) is 42.5 Å². The number of carboxylic acids is 1. The van der Waals surface area contributed by atoms with Crippen molar-refractivity contribution in [3.63, 3.8) is 0 Å². The molecule has 16 heavy (non-hydrogen) atoms. The number of ether oxygens (including phenoxy) is 1. The lowest BCUT2D eigenvalue weighted by Gasteiger charge is -2.11. The molecular formula is C13H12O3. The summed E-state index contributed by atoms with van der Waals surface area (Å²) in [5.41, 5.74) is 0.661. The number of hydrogen-bond donors (Lipinski definition) is 1. The molecule has 0 aromatic heterocycles. The standard InChI is InChI=1S/C13H12O3/c1-16-12(13(14)15)11-7-6-9-4-2-3-5-10(9)8-11/h2-8,12H,1H3,(H,14,15)/t12-/m0/s1. The third kappa shape index (κ3) is 1.90. The molecule has 0 aliphatic carbocycles. The summed E-state index contributed by atoms with van der Waals surface area (Å²) in [4.78, 5) is 10.9. The van der Waals surface area contributed by atoms with Crippen molar-refractivity contribution in [1.29, 1.82) is 0 Å². The van der Waals surface area contributed by atoms with Crippen molar-refractivity contribution in [1.82, 2.24) is 0 Å². The van der Waals surface area contributed by atoms with Crippen LogP contribution in [0.2, 0.25) is 0 Å². The number of hydrogen-bond acceptors (Lipinski definition) is 2. The zero-order valence-electron chi connectivity index (χ0n) is 8.88. The molecule has 0 fully saturated rings. The van der Waals surface area contributed by atoms with E-state index in [9.17, 15) is 4.79 Å². The molecule has 0 heterocycles. The molecule has 1 N–H and O–H groups in total. The SMILES string of the molecule is CO[C@H](C(=O)O)c1ccc2ccccc2c1. The van der Waals surface area contributed by atoms with E-state index in [1.807, 2.05) is 36.4 Å². The summed E-state index contributed by atoms with van der Waals surface area (Å²) in [6.07, 6.45) is -0.899. The second kappa shape index (κ2) is 4.33. The quantitative estimate of drug-likeness (QED) is 0.857. The lowest BCUT2D eigenvalue weighted by Crippen LogP contribution is -2.13. The molecule has 82 valence electrons. The maximum atomic E-state index is 10.9. The Labute approximate surface area is 93.3 Å². The van der Waals surface area contributed by atoms with Crippen molar-refractivity contribution in [2.24, 2.45) is 0 Å². The zero-order chi connectivity index (χ0) is 11.5. The Morgan fingerprint density at radius 2 is 1.88 bits per heavy atom. The minimum atomic E-state index is -0.974. The predicted octanol–water partition coefficient (Wildman–Crippen LogP) is 2.61. The van der Waals surface area contributed by atoms with Crippen LogP contribution in [-0.4, -0.2) is 18.2 Å². The monoisotopic (exact) mass is 216 g/mol. The maximum Gasteiger partial charge on any atom is 0.337 e. The number of methoxy groups -OCH3 is 1. The van der Waals surface area contributed by atoms with Gasteiger partial charge in [0.1, 0.15) is 0 Å². The molecule has 0 saturated heterocycles. The summed E-state index contributed by atoms with van der Waals surface area (Å²) in [6.45, 7) is 0. The number of rotatable bonds is 3. The molecule has 0 amide bonds. The first-order valence-electron chi connectivity index (χ1n) is 4.96. The molecule has 0 unspecified atom stereocenters. The highest BCUT2D eigenvalue weighted by Crippen LogP contribution is 2.22. The Morgan fingerprint density at radius 3 is 2.50 bits per heavy atom. The number of fused-ring (bicyclic) bond motifs is 1. The largest absolute Gasteiger partial charge is 0.479 e. The molecule has 0 radical (unpaired) electrons. The second-order valence-electron chi connectivity index (χ2n) is 3.56. The van der Waals surface area contributed by atoms with E-state index in [1.165, 1.54) is 7.11 Å². The fourth-order valence-corrected chi connectivity index (χ4v) is 1.75. The van der Waals surface area contributed by atoms with Crippen LogP contribution < -0.4 is 0 Å². The number of aliphatic carboxylic acids is 1. The van der Waals surface area contributed by atoms with E-state index in [1.54, 1.807) is 6.07 Å². The summed E-state index contributed by atoms with van der Waals surface area (Å²) in [6, 6.07) is 13.3. The van der Waals surface area contributed by atoms with Gasteiger partial charge in [-0.25, -0.2) is 4.79 Å². The van der Waals surface area contributed by atoms with Gasteiger partial charge in [0.25, 0.3) is 0 Å². The van der Waals surface area contributed by atoms with Gasteiger partial charge in [-0.2, -0.15) is 0 Å². The van der Waals surface area contributed by atoms with Gasteiger partial charge in [-0.3, -0.25) is 0 Å². The fourth-order valence-electron chi connectivity index (χ4n) is 1.75. The third-order valence-electron chi connectivity index (χ3n) is 2.54. The normalized spacial score (nSPS) is 12.6. The molecule has 2 aromatic rings. The molecule has 3 nitrogen and oxygen atoms in total. The van der Waals surface area contributed by atoms with Crippen molar-refractivity contribution >= 4 is 16.7 Å². The van der Waals surface area contributed by atoms with Crippen LogP contribution in [0.25, 0.3) is 10.8 Å². The van der Waals surface area contributed by atoms with Crippen LogP contribution in [0.3, 0.4) is 0 Å². The summed E-state index contributed by atoms with van der Waals surface area (Å²) >= 11 is 0. The van der Waals surface area contributed by atoms with Crippen LogP contribution in [-0.2, 0) is 9.53 Å². The van der Waals surface area contributed by atoms with Crippen molar-refractivity contribution in [2.75, 3.05) is 7.11 Å². The van der Waals surface area contributed by atoms with E-state index in [0.29, 0.717) is 5.56 Å². The van der Waals surface area contributed by atoms with Gasteiger partial charge in [-0.1, -0.05) is 36.4 Å². The summed E-state index contributed by atoms with van der Waals surface area (Å²) in [5.74, 6) is -0.974. The highest BCUT2D eigenvalue weighted by molar-refractivity contribution is 5.85. The van der Waals surface area contributed by atoms with Crippen molar-refractivity contribution in [3.8, 4) is 0 Å². The number of carboxylic acid groups (broad SMARTS) is 1. The van der Waals surface area contributed by atoms with E-state index in [2.05, 4.69) is 0 Å². The average molecular weight is 216 g/mol. The molecule has 0 bridgehead atoms. The Kier molecular flexibility index (Phi) is 2.88. The molecule has 0 aliphatic rings. The van der Waals surface area contributed by atoms with Gasteiger partial charge >= 0.3 is 5.97 Å². The average Bonchev–Trinajstić information content (AvgIpc) is 2.29. The minimum Gasteiger partial charge on any atom is -0.479 e. The molecule has 1 atom stereocenters. The van der Waals surface area contributed by atoms with E-state index >= 15 is 0 Å². The Hall–Kier alpha value is -1.87. The van der Waals surface area contributed by atoms with Crippen LogP contribution in [0, 0.1) is 0 Å². The van der Waals surface area contributed by atoms with Gasteiger partial charge in [-0.05, 0) is 22.4 Å². The third-order valence-corrected chi connectivity index (χ3v) is 2.54. The van der Waals surface area contributed by atoms with E-state index in [0.717, 1.165) is 10.8 Å². The van der Waals surface area contributed by atoms with Crippen molar-refractivity contribution < 1.29 is 14.6 Å². The van der Waals surface area contributed by atoms with Gasteiger partial charge < -0.3 is 9.84 Å². The molecule has 0 saturated carbocycles. The summed E-state index contributed by atoms with van der Waals surface area (Å²) in [7, 11) is 1.40. The first kappa shape index (κ1) is 10.6. The maximum absolute atomic E-state index is 10.9. The number of benzene rings is 2. The topological polar surface area (TPSA) is 46.5 Å². The van der Waals surface area contributed by atoms with Gasteiger partial charge in [0.2, 0.25) is 0 Å². The predicted molar refractivity (Wildman–Crippen MR) is 61.3 cm³/mol. The Balaban J connectivity index is 2.49. The lowest BCUT2D eigenvalue weighted by molar-refractivity contribution is -0.148. The van der Waals surface area contributed by atoms with E-state index in [-0.39, 0.29) is 0 Å². The highest BCUT2D eigenvalue weighted by Gasteiger charge is 2.18. The number of carbonyl (C=O) groups is 1. The molecule has 2 rings (SSSR count). The van der Waals surface area contributed by atoms with E-state index in [4.69, 9.17) is 9.84 Å². The van der Waals surface area contributed by atoms with Crippen molar-refractivity contribution in [2.45, 2.75) is 6.10 Å². The lowest BCUT2D eigenvalue weighted by atomic mass is 10.0. The smallest absolute Gasteiger partial charge is 0.337 e. The van der Waals surface area contributed by atoms with Crippen LogP contribution in [0.1, 0.15) is 11.7 Å². The van der Waals surface area contributed by atoms with Gasteiger partial charge in [0, 0.05) is 7.11 Å². The molecule has 2 aromatic carbocycles. The molecular weight excluding hydrogens is 204 g/mol. The molecule has 3 heteroatoms. The zero-order valence-corrected chi connectivity index (χ0v) is 8.88. The molecule has 0 aliphatic heterocycles. The highest BCUT2D eigenvalue weighted by atomic mass is 16.5. The first-order valence-corrected chi connectivity index (χ1v) is 4.96. The summed E-state index contributed by atoms with van der Waals surface area (Å²) < 4.78 is 4.95. The first-order chi connectivity index (χ1) is 7.72. The minimum absolute atomic E-state index is 0.661. The fraction of sp³-hybridized carbons (Fsp3) is 0.154. The summed E-state index contributed by atoms with van der Waals surface area (Å²) in [5, 5.41) is 11.1.